The Kier molecular flexibility index (Phi) is 3.90. The summed E-state index contributed by atoms with van der Waals surface area (Å²) in [5.41, 5.74) is 3.53. The number of carbonyl (C=O) groups is 1. The van der Waals surface area contributed by atoms with Gasteiger partial charge in [0.2, 0.25) is 0 Å². The van der Waals surface area contributed by atoms with Gasteiger partial charge < -0.3 is 15.6 Å². The van der Waals surface area contributed by atoms with Gasteiger partial charge >= 0.3 is 5.97 Å². The zero-order chi connectivity index (χ0) is 11.4. The van der Waals surface area contributed by atoms with Gasteiger partial charge in [-0.05, 0) is 5.56 Å². The predicted octanol–water partition coefficient (Wildman–Crippen LogP) is 0.829. The van der Waals surface area contributed by atoms with E-state index in [2.05, 4.69) is 5.43 Å². The van der Waals surface area contributed by atoms with Gasteiger partial charge in [0.05, 0.1) is 5.69 Å². The molecule has 0 saturated carbocycles. The molecule has 0 aliphatic carbocycles. The fourth-order valence-corrected chi connectivity index (χ4v) is 1.49. The van der Waals surface area contributed by atoms with Crippen molar-refractivity contribution in [2.75, 3.05) is 5.43 Å². The number of nitrogen functional groups attached to an aromatic ring is 1. The van der Waals surface area contributed by atoms with Crippen molar-refractivity contribution in [2.24, 2.45) is 5.84 Å². The molecule has 0 aliphatic heterocycles. The third-order valence-corrected chi connectivity index (χ3v) is 2.29. The third kappa shape index (κ3) is 2.38. The topological polar surface area (TPSA) is 95.6 Å². The molecule has 1 unspecified atom stereocenters. The molecule has 5 N–H and O–H groups in total. The number of aliphatic carboxylic acids is 1. The molecule has 1 rings (SSSR count). The van der Waals surface area contributed by atoms with Crippen LogP contribution in [0.5, 0.6) is 0 Å². The fraction of sp³-hybridized carbons (Fsp3) is 0.222. The highest BCUT2D eigenvalue weighted by atomic mass is 35.5. The number of hydrazine groups is 1. The monoisotopic (exact) mass is 230 g/mol. The number of halogens is 1. The van der Waals surface area contributed by atoms with E-state index in [4.69, 9.17) is 22.6 Å². The Balaban J connectivity index is 3.22. The number of nitrogens with two attached hydrogens (primary N) is 1. The first-order valence-corrected chi connectivity index (χ1v) is 4.70. The number of hydrogen-bond acceptors (Lipinski definition) is 4. The number of aliphatic hydroxyl groups is 1. The molecule has 0 aromatic heterocycles. The Morgan fingerprint density at radius 3 is 2.73 bits per heavy atom. The van der Waals surface area contributed by atoms with Crippen LogP contribution in [-0.2, 0) is 10.7 Å². The van der Waals surface area contributed by atoms with Gasteiger partial charge in [-0.3, -0.25) is 5.84 Å². The summed E-state index contributed by atoms with van der Waals surface area (Å²) in [6, 6.07) is 4.78. The lowest BCUT2D eigenvalue weighted by molar-refractivity contribution is -0.146. The summed E-state index contributed by atoms with van der Waals surface area (Å²) in [5, 5.41) is 18.1. The van der Waals surface area contributed by atoms with Crippen LogP contribution in [0.15, 0.2) is 18.2 Å². The zero-order valence-corrected chi connectivity index (χ0v) is 8.53. The molecule has 82 valence electrons. The average Bonchev–Trinajstić information content (AvgIpc) is 2.26. The van der Waals surface area contributed by atoms with Crippen LogP contribution in [0.1, 0.15) is 17.2 Å². The molecule has 0 saturated heterocycles. The van der Waals surface area contributed by atoms with Crippen LogP contribution in [0.3, 0.4) is 0 Å². The molecule has 1 atom stereocenters. The second-order valence-electron chi connectivity index (χ2n) is 2.90. The second-order valence-corrected chi connectivity index (χ2v) is 3.17. The normalized spacial score (nSPS) is 12.2. The minimum absolute atomic E-state index is 0.180. The highest BCUT2D eigenvalue weighted by Crippen LogP contribution is 2.27. The van der Waals surface area contributed by atoms with E-state index >= 15 is 0 Å². The molecular weight excluding hydrogens is 220 g/mol. The molecule has 1 aromatic rings. The number of alkyl halides is 1. The van der Waals surface area contributed by atoms with Gasteiger partial charge in [-0.2, -0.15) is 0 Å². The van der Waals surface area contributed by atoms with Crippen LogP contribution in [0.4, 0.5) is 5.69 Å². The van der Waals surface area contributed by atoms with Crippen molar-refractivity contribution in [3.05, 3.63) is 29.3 Å². The summed E-state index contributed by atoms with van der Waals surface area (Å²) < 4.78 is 0. The van der Waals surface area contributed by atoms with Crippen molar-refractivity contribution in [2.45, 2.75) is 12.0 Å². The van der Waals surface area contributed by atoms with Crippen LogP contribution >= 0.6 is 11.6 Å². The SMILES string of the molecule is NNc1c(CCl)cccc1C(O)C(=O)O. The fourth-order valence-electron chi connectivity index (χ4n) is 1.27. The molecule has 0 aliphatic rings. The van der Waals surface area contributed by atoms with Crippen LogP contribution in [-0.4, -0.2) is 16.2 Å². The van der Waals surface area contributed by atoms with E-state index < -0.39 is 12.1 Å². The molecule has 5 nitrogen and oxygen atoms in total. The Hall–Kier alpha value is -1.30. The van der Waals surface area contributed by atoms with Crippen molar-refractivity contribution in [1.82, 2.24) is 0 Å². The second kappa shape index (κ2) is 4.97. The Labute approximate surface area is 91.4 Å². The molecule has 1 aromatic carbocycles. The largest absolute Gasteiger partial charge is 0.479 e. The molecule has 6 heteroatoms. The highest BCUT2D eigenvalue weighted by molar-refractivity contribution is 6.17. The molecule has 0 spiro atoms. The van der Waals surface area contributed by atoms with Gasteiger partial charge in [0.25, 0.3) is 0 Å². The van der Waals surface area contributed by atoms with E-state index in [1.807, 2.05) is 0 Å². The summed E-state index contributed by atoms with van der Waals surface area (Å²) in [4.78, 5) is 10.6. The lowest BCUT2D eigenvalue weighted by Gasteiger charge is -2.14. The van der Waals surface area contributed by atoms with E-state index in [0.717, 1.165) is 0 Å². The van der Waals surface area contributed by atoms with Crippen LogP contribution in [0, 0.1) is 0 Å². The van der Waals surface area contributed by atoms with Crippen LogP contribution < -0.4 is 11.3 Å². The van der Waals surface area contributed by atoms with E-state index in [1.165, 1.54) is 6.07 Å². The lowest BCUT2D eigenvalue weighted by atomic mass is 10.0. The molecule has 0 bridgehead atoms. The Bertz CT molecular complexity index is 370. The summed E-state index contributed by atoms with van der Waals surface area (Å²) in [5.74, 6) is 4.10. The lowest BCUT2D eigenvalue weighted by Crippen LogP contribution is -2.17. The predicted molar refractivity (Wildman–Crippen MR) is 56.4 cm³/mol. The molecule has 15 heavy (non-hydrogen) atoms. The van der Waals surface area contributed by atoms with Crippen molar-refractivity contribution >= 4 is 23.3 Å². The number of rotatable bonds is 4. The Morgan fingerprint density at radius 1 is 1.60 bits per heavy atom. The highest BCUT2D eigenvalue weighted by Gasteiger charge is 2.20. The number of hydrogen-bond donors (Lipinski definition) is 4. The first kappa shape index (κ1) is 11.8. The smallest absolute Gasteiger partial charge is 0.337 e. The number of anilines is 1. The standard InChI is InChI=1S/C9H11ClN2O3/c10-4-5-2-1-3-6(7(5)12-11)8(13)9(14)15/h1-3,8,12-13H,4,11H2,(H,14,15). The molecule has 0 amide bonds. The van der Waals surface area contributed by atoms with Crippen molar-refractivity contribution < 1.29 is 15.0 Å². The van der Waals surface area contributed by atoms with E-state index in [0.29, 0.717) is 11.3 Å². The third-order valence-electron chi connectivity index (χ3n) is 2.00. The van der Waals surface area contributed by atoms with Crippen molar-refractivity contribution in [3.63, 3.8) is 0 Å². The van der Waals surface area contributed by atoms with Gasteiger partial charge in [-0.1, -0.05) is 18.2 Å². The average molecular weight is 231 g/mol. The van der Waals surface area contributed by atoms with E-state index in [1.54, 1.807) is 12.1 Å². The summed E-state index contributed by atoms with van der Waals surface area (Å²) in [6.45, 7) is 0. The quantitative estimate of drug-likeness (QED) is 0.349. The number of para-hydroxylation sites is 1. The first-order valence-electron chi connectivity index (χ1n) is 4.17. The van der Waals surface area contributed by atoms with Gasteiger partial charge in [0.15, 0.2) is 6.10 Å². The maximum absolute atomic E-state index is 10.6. The van der Waals surface area contributed by atoms with Crippen molar-refractivity contribution in [3.8, 4) is 0 Å². The maximum Gasteiger partial charge on any atom is 0.337 e. The van der Waals surface area contributed by atoms with E-state index in [9.17, 15) is 9.90 Å². The minimum Gasteiger partial charge on any atom is -0.479 e. The molecule has 0 fully saturated rings. The number of benzene rings is 1. The van der Waals surface area contributed by atoms with E-state index in [-0.39, 0.29) is 11.4 Å². The maximum atomic E-state index is 10.6. The zero-order valence-electron chi connectivity index (χ0n) is 7.77. The minimum atomic E-state index is -1.61. The number of nitrogens with one attached hydrogen (secondary N) is 1. The molecule has 0 radical (unpaired) electrons. The number of carboxylic acids is 1. The summed E-state index contributed by atoms with van der Waals surface area (Å²) in [6.07, 6.45) is -1.61. The van der Waals surface area contributed by atoms with Crippen LogP contribution in [0.2, 0.25) is 0 Å². The van der Waals surface area contributed by atoms with Crippen molar-refractivity contribution in [1.29, 1.82) is 0 Å². The summed E-state index contributed by atoms with van der Waals surface area (Å²) >= 11 is 5.64. The first-order chi connectivity index (χ1) is 7.11. The van der Waals surface area contributed by atoms with Crippen LogP contribution in [0.25, 0.3) is 0 Å². The van der Waals surface area contributed by atoms with Gasteiger partial charge in [-0.15, -0.1) is 11.6 Å². The molecular formula is C9H11ClN2O3. The number of carboxylic acid groups (broad SMARTS) is 1. The Morgan fingerprint density at radius 2 is 2.27 bits per heavy atom. The van der Waals surface area contributed by atoms with Gasteiger partial charge in [0.1, 0.15) is 0 Å². The summed E-state index contributed by atoms with van der Waals surface area (Å²) in [7, 11) is 0. The van der Waals surface area contributed by atoms with Gasteiger partial charge in [0, 0.05) is 11.4 Å². The number of aliphatic hydroxyl groups excluding tert-OH is 1. The van der Waals surface area contributed by atoms with Gasteiger partial charge in [-0.25, -0.2) is 4.79 Å². The molecule has 0 heterocycles.